The molecular formula is C24H24ClN5O2. The van der Waals surface area contributed by atoms with E-state index in [1.807, 2.05) is 43.3 Å². The van der Waals surface area contributed by atoms with Crippen molar-refractivity contribution < 1.29 is 5.11 Å². The molecule has 164 valence electrons. The second-order valence-electron chi connectivity index (χ2n) is 7.53. The van der Waals surface area contributed by atoms with Crippen molar-refractivity contribution in [2.75, 3.05) is 19.0 Å². The molecule has 0 amide bonds. The average molecular weight is 450 g/mol. The lowest BCUT2D eigenvalue weighted by Gasteiger charge is -2.14. The van der Waals surface area contributed by atoms with E-state index in [0.717, 1.165) is 22.3 Å². The summed E-state index contributed by atoms with van der Waals surface area (Å²) >= 11 is 6.65. The van der Waals surface area contributed by atoms with E-state index in [2.05, 4.69) is 20.3 Å². The van der Waals surface area contributed by atoms with Gasteiger partial charge in [0.1, 0.15) is 5.65 Å². The van der Waals surface area contributed by atoms with E-state index >= 15 is 0 Å². The molecule has 0 saturated heterocycles. The van der Waals surface area contributed by atoms with Gasteiger partial charge in [-0.05, 0) is 44.0 Å². The molecular weight excluding hydrogens is 426 g/mol. The van der Waals surface area contributed by atoms with E-state index in [-0.39, 0.29) is 12.2 Å². The van der Waals surface area contributed by atoms with E-state index in [4.69, 9.17) is 16.7 Å². The fourth-order valence-electron chi connectivity index (χ4n) is 3.66. The topological polar surface area (TPSA) is 92.9 Å². The third-order valence-electron chi connectivity index (χ3n) is 5.28. The van der Waals surface area contributed by atoms with Crippen LogP contribution in [-0.2, 0) is 6.54 Å². The largest absolute Gasteiger partial charge is 0.396 e. The fourth-order valence-corrected chi connectivity index (χ4v) is 3.94. The number of hydrogen-bond donors (Lipinski definition) is 2. The lowest BCUT2D eigenvalue weighted by atomic mass is 10.0. The molecule has 0 fully saturated rings. The number of anilines is 1. The first-order valence-electron chi connectivity index (χ1n) is 10.4. The first kappa shape index (κ1) is 21.9. The highest BCUT2D eigenvalue weighted by Gasteiger charge is 2.16. The minimum atomic E-state index is -0.181. The summed E-state index contributed by atoms with van der Waals surface area (Å²) in [4.78, 5) is 26.8. The molecule has 0 aliphatic heterocycles. The minimum absolute atomic E-state index is 0.0728. The summed E-state index contributed by atoms with van der Waals surface area (Å²) in [6.07, 6.45) is 2.94. The van der Waals surface area contributed by atoms with Gasteiger partial charge in [-0.3, -0.25) is 14.3 Å². The molecule has 1 aromatic carbocycles. The number of hydrogen-bond acceptors (Lipinski definition) is 6. The van der Waals surface area contributed by atoms with Gasteiger partial charge in [-0.25, -0.2) is 4.98 Å². The highest BCUT2D eigenvalue weighted by molar-refractivity contribution is 6.33. The second-order valence-corrected chi connectivity index (χ2v) is 7.93. The molecule has 0 bridgehead atoms. The van der Waals surface area contributed by atoms with Crippen LogP contribution in [0.1, 0.15) is 18.5 Å². The number of rotatable bonds is 7. The Morgan fingerprint density at radius 2 is 1.94 bits per heavy atom. The zero-order valence-electron chi connectivity index (χ0n) is 18.0. The first-order chi connectivity index (χ1) is 15.5. The van der Waals surface area contributed by atoms with Crippen LogP contribution in [-0.4, -0.2) is 38.3 Å². The lowest BCUT2D eigenvalue weighted by molar-refractivity contribution is 0.281. The number of aryl methyl sites for hydroxylation is 2. The number of fused-ring (bicyclic) bond motifs is 1. The number of unbranched alkanes of at least 4 members (excludes halogenated alkanes) is 1. The molecule has 0 aliphatic carbocycles. The predicted octanol–water partition coefficient (Wildman–Crippen LogP) is 4.30. The number of halogens is 1. The van der Waals surface area contributed by atoms with Crippen LogP contribution in [0.4, 0.5) is 5.95 Å². The maximum atomic E-state index is 13.5. The van der Waals surface area contributed by atoms with Gasteiger partial charge in [-0.15, -0.1) is 0 Å². The van der Waals surface area contributed by atoms with Gasteiger partial charge in [-0.1, -0.05) is 29.8 Å². The number of aromatic nitrogens is 4. The zero-order chi connectivity index (χ0) is 22.7. The normalized spacial score (nSPS) is 11.1. The van der Waals surface area contributed by atoms with E-state index in [1.165, 1.54) is 0 Å². The molecule has 3 heterocycles. The molecule has 3 aromatic heterocycles. The standard InChI is InChI=1S/C24H24ClN5O2/c1-15-6-5-7-21(28-15)16-8-9-18(20(25)13-16)19-12-17-14-27-24(26-2)29-22(17)30(23(19)32)10-3-4-11-31/h5-9,12-14,31H,3-4,10-11H2,1-2H3,(H,26,27,29). The Bertz CT molecular complexity index is 1340. The Morgan fingerprint density at radius 3 is 2.66 bits per heavy atom. The third kappa shape index (κ3) is 4.35. The number of nitrogens with one attached hydrogen (secondary N) is 1. The molecule has 0 aliphatic rings. The summed E-state index contributed by atoms with van der Waals surface area (Å²) < 4.78 is 1.63. The van der Waals surface area contributed by atoms with Crippen molar-refractivity contribution in [2.45, 2.75) is 26.3 Å². The summed E-state index contributed by atoms with van der Waals surface area (Å²) in [5, 5.41) is 13.3. The molecule has 0 spiro atoms. The maximum absolute atomic E-state index is 13.5. The van der Waals surface area contributed by atoms with E-state index in [9.17, 15) is 4.79 Å². The van der Waals surface area contributed by atoms with Crippen molar-refractivity contribution in [1.82, 2.24) is 19.5 Å². The number of benzene rings is 1. The number of nitrogens with zero attached hydrogens (tertiary/aromatic N) is 4. The Morgan fingerprint density at radius 1 is 1.09 bits per heavy atom. The molecule has 4 rings (SSSR count). The van der Waals surface area contributed by atoms with Crippen LogP contribution in [0, 0.1) is 6.92 Å². The molecule has 0 atom stereocenters. The van der Waals surface area contributed by atoms with Gasteiger partial charge in [0.05, 0.1) is 5.69 Å². The molecule has 2 N–H and O–H groups in total. The van der Waals surface area contributed by atoms with Gasteiger partial charge < -0.3 is 10.4 Å². The molecule has 0 unspecified atom stereocenters. The Labute approximate surface area is 190 Å². The van der Waals surface area contributed by atoms with Gasteiger partial charge in [0.2, 0.25) is 5.95 Å². The summed E-state index contributed by atoms with van der Waals surface area (Å²) in [5.74, 6) is 0.439. The molecule has 8 heteroatoms. The SMILES string of the molecule is CNc1ncc2cc(-c3ccc(-c4cccc(C)n4)cc3Cl)c(=O)n(CCCCO)c2n1. The Balaban J connectivity index is 1.85. The van der Waals surface area contributed by atoms with Gasteiger partial charge in [0, 0.05) is 59.2 Å². The van der Waals surface area contributed by atoms with E-state index < -0.39 is 0 Å². The summed E-state index contributed by atoms with van der Waals surface area (Å²) in [6, 6.07) is 13.2. The van der Waals surface area contributed by atoms with Crippen LogP contribution in [0.5, 0.6) is 0 Å². The molecule has 32 heavy (non-hydrogen) atoms. The molecule has 0 saturated carbocycles. The molecule has 0 radical (unpaired) electrons. The van der Waals surface area contributed by atoms with E-state index in [0.29, 0.717) is 47.1 Å². The summed E-state index contributed by atoms with van der Waals surface area (Å²) in [5.41, 5.74) is 4.12. The van der Waals surface area contributed by atoms with Gasteiger partial charge >= 0.3 is 0 Å². The molecule has 7 nitrogen and oxygen atoms in total. The van der Waals surface area contributed by atoms with Gasteiger partial charge in [-0.2, -0.15) is 4.98 Å². The van der Waals surface area contributed by atoms with Crippen molar-refractivity contribution in [2.24, 2.45) is 0 Å². The summed E-state index contributed by atoms with van der Waals surface area (Å²) in [7, 11) is 1.73. The number of aliphatic hydroxyl groups is 1. The van der Waals surface area contributed by atoms with Crippen LogP contribution in [0.15, 0.2) is 53.5 Å². The highest BCUT2D eigenvalue weighted by atomic mass is 35.5. The number of pyridine rings is 2. The van der Waals surface area contributed by atoms with Crippen molar-refractivity contribution in [3.05, 3.63) is 69.7 Å². The Hall–Kier alpha value is -3.29. The molecule has 4 aromatic rings. The van der Waals surface area contributed by atoms with Crippen LogP contribution in [0.2, 0.25) is 5.02 Å². The third-order valence-corrected chi connectivity index (χ3v) is 5.60. The van der Waals surface area contributed by atoms with Crippen molar-refractivity contribution in [3.63, 3.8) is 0 Å². The van der Waals surface area contributed by atoms with Crippen LogP contribution >= 0.6 is 11.6 Å². The quantitative estimate of drug-likeness (QED) is 0.409. The highest BCUT2D eigenvalue weighted by Crippen LogP contribution is 2.31. The van der Waals surface area contributed by atoms with E-state index in [1.54, 1.807) is 23.9 Å². The zero-order valence-corrected chi connectivity index (χ0v) is 18.7. The monoisotopic (exact) mass is 449 g/mol. The average Bonchev–Trinajstić information content (AvgIpc) is 2.80. The van der Waals surface area contributed by atoms with Crippen LogP contribution in [0.3, 0.4) is 0 Å². The summed E-state index contributed by atoms with van der Waals surface area (Å²) in [6.45, 7) is 2.45. The predicted molar refractivity (Wildman–Crippen MR) is 128 cm³/mol. The number of aliphatic hydroxyl groups excluding tert-OH is 1. The first-order valence-corrected chi connectivity index (χ1v) is 10.8. The van der Waals surface area contributed by atoms with Crippen molar-refractivity contribution in [1.29, 1.82) is 0 Å². The lowest BCUT2D eigenvalue weighted by Crippen LogP contribution is -2.23. The smallest absolute Gasteiger partial charge is 0.260 e. The van der Waals surface area contributed by atoms with Crippen molar-refractivity contribution in [3.8, 4) is 22.4 Å². The minimum Gasteiger partial charge on any atom is -0.396 e. The van der Waals surface area contributed by atoms with Crippen molar-refractivity contribution >= 4 is 28.6 Å². The maximum Gasteiger partial charge on any atom is 0.260 e. The second kappa shape index (κ2) is 9.46. The fraction of sp³-hybridized carbons (Fsp3) is 0.250. The van der Waals surface area contributed by atoms with Crippen LogP contribution in [0.25, 0.3) is 33.4 Å². The van der Waals surface area contributed by atoms with Crippen LogP contribution < -0.4 is 10.9 Å². The van der Waals surface area contributed by atoms with Gasteiger partial charge in [0.15, 0.2) is 0 Å². The Kier molecular flexibility index (Phi) is 6.48. The van der Waals surface area contributed by atoms with Gasteiger partial charge in [0.25, 0.3) is 5.56 Å².